The molecule has 0 atom stereocenters. The van der Waals surface area contributed by atoms with E-state index >= 15 is 0 Å². The molecule has 6 heteroatoms. The molecule has 0 radical (unpaired) electrons. The highest BCUT2D eigenvalue weighted by Crippen LogP contribution is 2.09. The summed E-state index contributed by atoms with van der Waals surface area (Å²) in [6.07, 6.45) is 4.66. The topological polar surface area (TPSA) is 40.6 Å². The smallest absolute Gasteiger partial charge is 0.277 e. The van der Waals surface area contributed by atoms with Crippen LogP contribution in [-0.4, -0.2) is 111 Å². The molecule has 0 aromatic carbocycles. The van der Waals surface area contributed by atoms with E-state index in [0.29, 0.717) is 13.1 Å². The largest absolute Gasteiger partial charge is 0.338 e. The summed E-state index contributed by atoms with van der Waals surface area (Å²) in [4.78, 5) is 28.5. The lowest BCUT2D eigenvalue weighted by molar-refractivity contribution is -0.883. The van der Waals surface area contributed by atoms with E-state index in [4.69, 9.17) is 0 Å². The summed E-state index contributed by atoms with van der Waals surface area (Å²) in [6.45, 7) is 14.6. The van der Waals surface area contributed by atoms with Gasteiger partial charge in [-0.2, -0.15) is 0 Å². The van der Waals surface area contributed by atoms with Gasteiger partial charge >= 0.3 is 0 Å². The van der Waals surface area contributed by atoms with Crippen LogP contribution in [0.3, 0.4) is 0 Å². The first-order valence-electron chi connectivity index (χ1n) is 11.2. The summed E-state index contributed by atoms with van der Waals surface area (Å²) in [7, 11) is 8.61. The number of quaternary nitrogens is 2. The molecule has 6 nitrogen and oxygen atoms in total. The van der Waals surface area contributed by atoms with Crippen molar-refractivity contribution in [2.24, 2.45) is 0 Å². The van der Waals surface area contributed by atoms with Crippen LogP contribution < -0.4 is 0 Å². The van der Waals surface area contributed by atoms with E-state index in [1.165, 1.54) is 12.8 Å². The summed E-state index contributed by atoms with van der Waals surface area (Å²) in [5, 5.41) is 0. The molecule has 0 aliphatic heterocycles. The van der Waals surface area contributed by atoms with Gasteiger partial charge in [0.2, 0.25) is 0 Å². The van der Waals surface area contributed by atoms with Crippen LogP contribution in [0.4, 0.5) is 0 Å². The zero-order chi connectivity index (χ0) is 21.8. The third-order valence-corrected chi connectivity index (χ3v) is 5.64. The van der Waals surface area contributed by atoms with Crippen LogP contribution in [0.2, 0.25) is 0 Å². The van der Waals surface area contributed by atoms with E-state index in [0.717, 1.165) is 61.1 Å². The molecule has 0 spiro atoms. The second kappa shape index (κ2) is 13.2. The lowest BCUT2D eigenvalue weighted by Crippen LogP contribution is -2.49. The molecule has 166 valence electrons. The molecular formula is C22H48N4O2+2. The van der Waals surface area contributed by atoms with Crippen LogP contribution >= 0.6 is 0 Å². The monoisotopic (exact) mass is 400 g/mol. The number of hydrogen-bond acceptors (Lipinski definition) is 2. The van der Waals surface area contributed by atoms with Gasteiger partial charge in [0.15, 0.2) is 13.1 Å². The van der Waals surface area contributed by atoms with Gasteiger partial charge in [0.1, 0.15) is 0 Å². The van der Waals surface area contributed by atoms with Gasteiger partial charge in [0.25, 0.3) is 11.8 Å². The molecular weight excluding hydrogens is 352 g/mol. The van der Waals surface area contributed by atoms with Crippen molar-refractivity contribution < 1.29 is 18.6 Å². The molecule has 0 fully saturated rings. The number of rotatable bonds is 15. The van der Waals surface area contributed by atoms with Crippen molar-refractivity contribution in [3.63, 3.8) is 0 Å². The average molecular weight is 401 g/mol. The molecule has 0 unspecified atom stereocenters. The number of nitrogens with zero attached hydrogens (tertiary/aromatic N) is 4. The summed E-state index contributed by atoms with van der Waals surface area (Å²) in [5.74, 6) is 0.513. The zero-order valence-electron chi connectivity index (χ0n) is 20.1. The molecule has 2 amide bonds. The van der Waals surface area contributed by atoms with E-state index in [1.54, 1.807) is 0 Å². The van der Waals surface area contributed by atoms with Crippen molar-refractivity contribution in [3.05, 3.63) is 0 Å². The van der Waals surface area contributed by atoms with Gasteiger partial charge in [-0.05, 0) is 53.4 Å². The molecule has 0 aromatic rings. The number of amides is 2. The van der Waals surface area contributed by atoms with E-state index in [-0.39, 0.29) is 11.8 Å². The Kier molecular flexibility index (Phi) is 12.6. The predicted octanol–water partition coefficient (Wildman–Crippen LogP) is 2.44. The van der Waals surface area contributed by atoms with Gasteiger partial charge in [0.05, 0.1) is 41.3 Å². The maximum Gasteiger partial charge on any atom is 0.277 e. The highest BCUT2D eigenvalue weighted by Gasteiger charge is 2.24. The number of likely N-dealkylation sites (N-methyl/N-ethyl adjacent to an activating group) is 4. The van der Waals surface area contributed by atoms with Gasteiger partial charge in [-0.3, -0.25) is 9.59 Å². The first-order chi connectivity index (χ1) is 13.0. The Morgan fingerprint density at radius 3 is 1.11 bits per heavy atom. The molecule has 0 aliphatic rings. The maximum absolute atomic E-state index is 12.3. The lowest BCUT2D eigenvalue weighted by Gasteiger charge is -2.32. The Balaban J connectivity index is 4.12. The standard InChI is InChI=1S/C22H48N4O2/c1-9-23(10-2)21(27)19-25(5,6)17-15-13-14-16-18-26(7,8)20-22(28)24(11-3)12-4/h9-20H2,1-8H3/q+2. The van der Waals surface area contributed by atoms with Crippen LogP contribution in [0.15, 0.2) is 0 Å². The van der Waals surface area contributed by atoms with Crippen LogP contribution in [0.25, 0.3) is 0 Å². The number of hydrogen-bond donors (Lipinski definition) is 0. The first-order valence-corrected chi connectivity index (χ1v) is 11.2. The van der Waals surface area contributed by atoms with Crippen molar-refractivity contribution in [1.29, 1.82) is 0 Å². The van der Waals surface area contributed by atoms with E-state index in [9.17, 15) is 9.59 Å². The zero-order valence-corrected chi connectivity index (χ0v) is 20.1. The number of carbonyl (C=O) groups excluding carboxylic acids is 2. The Hall–Kier alpha value is -1.14. The van der Waals surface area contributed by atoms with Gasteiger partial charge in [-0.1, -0.05) is 0 Å². The van der Waals surface area contributed by atoms with Gasteiger partial charge < -0.3 is 18.8 Å². The summed E-state index contributed by atoms with van der Waals surface area (Å²) >= 11 is 0. The van der Waals surface area contributed by atoms with Crippen molar-refractivity contribution in [2.45, 2.75) is 53.4 Å². The van der Waals surface area contributed by atoms with Gasteiger partial charge in [0, 0.05) is 26.2 Å². The van der Waals surface area contributed by atoms with Crippen LogP contribution in [0, 0.1) is 0 Å². The quantitative estimate of drug-likeness (QED) is 0.313. The van der Waals surface area contributed by atoms with E-state index in [2.05, 4.69) is 28.2 Å². The third kappa shape index (κ3) is 11.0. The van der Waals surface area contributed by atoms with Crippen molar-refractivity contribution in [2.75, 3.05) is 80.5 Å². The maximum atomic E-state index is 12.3. The lowest BCUT2D eigenvalue weighted by atomic mass is 10.1. The van der Waals surface area contributed by atoms with Crippen molar-refractivity contribution in [3.8, 4) is 0 Å². The second-order valence-corrected chi connectivity index (χ2v) is 9.18. The fraction of sp³-hybridized carbons (Fsp3) is 0.909. The highest BCUT2D eigenvalue weighted by molar-refractivity contribution is 5.77. The SMILES string of the molecule is CCN(CC)C(=O)C[N+](C)(C)CCCCCC[N+](C)(C)CC(=O)N(CC)CC. The normalized spacial score (nSPS) is 12.1. The fourth-order valence-corrected chi connectivity index (χ4v) is 3.68. The number of unbranched alkanes of at least 4 members (excludes halogenated alkanes) is 3. The van der Waals surface area contributed by atoms with Crippen molar-refractivity contribution >= 4 is 11.8 Å². The minimum Gasteiger partial charge on any atom is -0.338 e. The summed E-state index contributed by atoms with van der Waals surface area (Å²) in [6, 6.07) is 0. The number of carbonyl (C=O) groups is 2. The predicted molar refractivity (Wildman–Crippen MR) is 118 cm³/mol. The minimum absolute atomic E-state index is 0.256. The van der Waals surface area contributed by atoms with Gasteiger partial charge in [-0.25, -0.2) is 0 Å². The fourth-order valence-electron chi connectivity index (χ4n) is 3.68. The highest BCUT2D eigenvalue weighted by atomic mass is 16.2. The molecule has 0 rings (SSSR count). The van der Waals surface area contributed by atoms with Crippen LogP contribution in [-0.2, 0) is 9.59 Å². The summed E-state index contributed by atoms with van der Waals surface area (Å²) < 4.78 is 1.52. The molecule has 0 aromatic heterocycles. The molecule has 0 aliphatic carbocycles. The Labute approximate surface area is 174 Å². The molecule has 0 N–H and O–H groups in total. The van der Waals surface area contributed by atoms with Crippen molar-refractivity contribution in [1.82, 2.24) is 9.80 Å². The average Bonchev–Trinajstić information content (AvgIpc) is 2.59. The van der Waals surface area contributed by atoms with E-state index < -0.39 is 0 Å². The molecule has 28 heavy (non-hydrogen) atoms. The van der Waals surface area contributed by atoms with Gasteiger partial charge in [-0.15, -0.1) is 0 Å². The third-order valence-electron chi connectivity index (χ3n) is 5.64. The Morgan fingerprint density at radius 1 is 0.571 bits per heavy atom. The molecule has 0 bridgehead atoms. The van der Waals surface area contributed by atoms with Crippen LogP contribution in [0.5, 0.6) is 0 Å². The minimum atomic E-state index is 0.256. The molecule has 0 saturated heterocycles. The Bertz CT molecular complexity index is 413. The molecule has 0 heterocycles. The van der Waals surface area contributed by atoms with E-state index in [1.807, 2.05) is 37.5 Å². The molecule has 0 saturated carbocycles. The first kappa shape index (κ1) is 26.9. The van der Waals surface area contributed by atoms with Crippen LogP contribution in [0.1, 0.15) is 53.4 Å². The Morgan fingerprint density at radius 2 is 0.857 bits per heavy atom. The summed E-state index contributed by atoms with van der Waals surface area (Å²) in [5.41, 5.74) is 0. The second-order valence-electron chi connectivity index (χ2n) is 9.18.